The summed E-state index contributed by atoms with van der Waals surface area (Å²) < 4.78 is 284. The highest BCUT2D eigenvalue weighted by molar-refractivity contribution is 7.90. The van der Waals surface area contributed by atoms with Gasteiger partial charge in [0.15, 0.2) is 84.5 Å². The molecule has 0 saturated carbocycles. The van der Waals surface area contributed by atoms with Crippen LogP contribution in [-0.4, -0.2) is 55.7 Å². The zero-order valence-electron chi connectivity index (χ0n) is 22.6. The first kappa shape index (κ1) is 39.8. The second-order valence-corrected chi connectivity index (χ2v) is 14.2. The van der Waals surface area contributed by atoms with E-state index in [0.29, 0.717) is 0 Å². The fourth-order valence-electron chi connectivity index (χ4n) is 3.69. The lowest BCUT2D eigenvalue weighted by atomic mass is 10.3. The molecule has 0 bridgehead atoms. The number of nitrogens with zero attached hydrogens (tertiary/aromatic N) is 1. The molecule has 0 fully saturated rings. The van der Waals surface area contributed by atoms with Crippen molar-refractivity contribution >= 4 is 30.1 Å². The Bertz CT molecular complexity index is 2010. The number of hydrogen-bond donors (Lipinski definition) is 2. The van der Waals surface area contributed by atoms with Crippen LogP contribution >= 0.6 is 0 Å². The molecule has 0 aliphatic heterocycles. The molecule has 0 radical (unpaired) electrons. The van der Waals surface area contributed by atoms with Crippen molar-refractivity contribution in [3.05, 3.63) is 87.3 Å². The van der Waals surface area contributed by atoms with E-state index in [1.54, 1.807) is 0 Å². The Kier molecular flexibility index (Phi) is 11.3. The first-order chi connectivity index (χ1) is 22.3. The van der Waals surface area contributed by atoms with Gasteiger partial charge in [-0.1, -0.05) is 0 Å². The van der Waals surface area contributed by atoms with Gasteiger partial charge in [-0.25, -0.2) is 101 Å². The van der Waals surface area contributed by atoms with E-state index < -0.39 is 162 Å². The summed E-state index contributed by atoms with van der Waals surface area (Å²) in [7, 11) is -18.0. The third-order valence-corrected chi connectivity index (χ3v) is 10.8. The Morgan fingerprint density at radius 3 is 0.796 bits per heavy atom. The van der Waals surface area contributed by atoms with E-state index in [0.717, 1.165) is 9.44 Å². The molecule has 0 atom stereocenters. The summed E-state index contributed by atoms with van der Waals surface area (Å²) in [5, 5.41) is 0. The molecular weight excluding hydrogens is 783 g/mol. The first-order valence-electron chi connectivity index (χ1n) is 11.9. The molecule has 3 aromatic carbocycles. The van der Waals surface area contributed by atoms with Crippen molar-refractivity contribution in [2.24, 2.45) is 0 Å². The average Bonchev–Trinajstić information content (AvgIpc) is 3.01. The number of hydrogen-bond acceptors (Lipinski definition) is 6. The largest absolute Gasteiger partial charge is 0.249 e. The fraction of sp³-hybridized carbons (Fsp3) is 0.182. The van der Waals surface area contributed by atoms with Gasteiger partial charge in [-0.05, 0) is 0 Å². The molecule has 0 saturated heterocycles. The molecule has 0 aliphatic carbocycles. The number of sulfonamides is 3. The summed E-state index contributed by atoms with van der Waals surface area (Å²) >= 11 is 0. The molecular formula is C22H10F15N3O6S3. The Morgan fingerprint density at radius 1 is 0.347 bits per heavy atom. The molecule has 272 valence electrons. The van der Waals surface area contributed by atoms with Gasteiger partial charge in [-0.15, -0.1) is 0 Å². The Morgan fingerprint density at radius 2 is 0.551 bits per heavy atom. The van der Waals surface area contributed by atoms with Crippen molar-refractivity contribution in [3.8, 4) is 0 Å². The molecule has 0 unspecified atom stereocenters. The lowest BCUT2D eigenvalue weighted by molar-refractivity contribution is 0.348. The van der Waals surface area contributed by atoms with E-state index in [9.17, 15) is 91.1 Å². The summed E-state index contributed by atoms with van der Waals surface area (Å²) in [6.07, 6.45) is 0. The molecule has 0 heterocycles. The number of nitrogens with one attached hydrogen (secondary N) is 2. The van der Waals surface area contributed by atoms with Crippen LogP contribution in [0.15, 0.2) is 14.7 Å². The molecule has 2 N–H and O–H groups in total. The van der Waals surface area contributed by atoms with Gasteiger partial charge >= 0.3 is 0 Å². The van der Waals surface area contributed by atoms with Crippen molar-refractivity contribution < 1.29 is 91.1 Å². The highest BCUT2D eigenvalue weighted by Crippen LogP contribution is 2.30. The molecule has 3 aromatic rings. The fourth-order valence-corrected chi connectivity index (χ4v) is 7.55. The van der Waals surface area contributed by atoms with Gasteiger partial charge in [0.25, 0.3) is 0 Å². The lowest BCUT2D eigenvalue weighted by Gasteiger charge is -2.23. The molecule has 9 nitrogen and oxygen atoms in total. The third-order valence-electron chi connectivity index (χ3n) is 5.95. The summed E-state index contributed by atoms with van der Waals surface area (Å²) in [6, 6.07) is 0. The predicted octanol–water partition coefficient (Wildman–Crippen LogP) is 3.72. The van der Waals surface area contributed by atoms with E-state index >= 15 is 0 Å². The topological polar surface area (TPSA) is 130 Å². The molecule has 3 rings (SSSR count). The highest BCUT2D eigenvalue weighted by atomic mass is 32.2. The van der Waals surface area contributed by atoms with Crippen LogP contribution in [0, 0.1) is 87.3 Å². The second-order valence-electron chi connectivity index (χ2n) is 8.90. The van der Waals surface area contributed by atoms with Crippen LogP contribution in [0.1, 0.15) is 0 Å². The van der Waals surface area contributed by atoms with Crippen molar-refractivity contribution in [2.75, 3.05) is 26.2 Å². The van der Waals surface area contributed by atoms with Gasteiger partial charge in [0.1, 0.15) is 0 Å². The van der Waals surface area contributed by atoms with Crippen molar-refractivity contribution in [1.82, 2.24) is 13.7 Å². The predicted molar refractivity (Wildman–Crippen MR) is 128 cm³/mol. The van der Waals surface area contributed by atoms with E-state index in [1.807, 2.05) is 0 Å². The van der Waals surface area contributed by atoms with Crippen molar-refractivity contribution in [1.29, 1.82) is 0 Å². The van der Waals surface area contributed by atoms with Crippen molar-refractivity contribution in [2.45, 2.75) is 14.7 Å². The number of rotatable bonds is 12. The van der Waals surface area contributed by atoms with E-state index in [1.165, 1.54) is 0 Å². The van der Waals surface area contributed by atoms with Gasteiger partial charge < -0.3 is 0 Å². The minimum absolute atomic E-state index is 0.548. The molecule has 0 spiro atoms. The maximum atomic E-state index is 14.4. The van der Waals surface area contributed by atoms with Crippen LogP contribution in [0.3, 0.4) is 0 Å². The second kappa shape index (κ2) is 13.9. The molecule has 0 amide bonds. The third kappa shape index (κ3) is 7.03. The van der Waals surface area contributed by atoms with E-state index in [2.05, 4.69) is 0 Å². The lowest BCUT2D eigenvalue weighted by Crippen LogP contribution is -2.43. The zero-order chi connectivity index (χ0) is 37.7. The summed E-state index contributed by atoms with van der Waals surface area (Å²) in [5.41, 5.74) is 0. The summed E-state index contributed by atoms with van der Waals surface area (Å²) in [4.78, 5) is -7.78. The number of halogens is 15. The Labute approximate surface area is 263 Å². The summed E-state index contributed by atoms with van der Waals surface area (Å²) in [6.45, 7) is -6.72. The van der Waals surface area contributed by atoms with Gasteiger partial charge in [0.2, 0.25) is 47.5 Å². The van der Waals surface area contributed by atoms with Crippen LogP contribution in [0.25, 0.3) is 0 Å². The molecule has 0 aromatic heterocycles. The minimum atomic E-state index is -6.23. The quantitative estimate of drug-likeness (QED) is 0.164. The first-order valence-corrected chi connectivity index (χ1v) is 16.3. The SMILES string of the molecule is O=S(=O)(NCCN(CCNS(=O)(=O)c1c(F)c(F)c(F)c(F)c1F)S(=O)(=O)c1c(F)c(F)c(F)c(F)c1F)c1c(F)c(F)c(F)c(F)c1F. The number of benzene rings is 3. The van der Waals surface area contributed by atoms with Crippen LogP contribution < -0.4 is 9.44 Å². The van der Waals surface area contributed by atoms with E-state index in [4.69, 9.17) is 0 Å². The van der Waals surface area contributed by atoms with Crippen molar-refractivity contribution in [3.63, 3.8) is 0 Å². The highest BCUT2D eigenvalue weighted by Gasteiger charge is 2.39. The molecule has 0 aliphatic rings. The molecule has 27 heteroatoms. The maximum Gasteiger partial charge on any atom is 0.249 e. The maximum absolute atomic E-state index is 14.4. The monoisotopic (exact) mass is 793 g/mol. The van der Waals surface area contributed by atoms with Crippen LogP contribution in [0.5, 0.6) is 0 Å². The normalized spacial score (nSPS) is 12.7. The summed E-state index contributed by atoms with van der Waals surface area (Å²) in [5.74, 6) is -43.3. The standard InChI is InChI=1S/C22H10F15N3O6S3/c23-5-8(26)14(32)20(15(33)9(5)27)47(41,42)38-1-3-40(49(45,46)22-18(36)12(30)7(25)13(31)19(22)37)4-2-39-48(43,44)21-16(34)10(28)6(24)11(29)17(21)35/h38-39H,1-4H2. The van der Waals surface area contributed by atoms with Gasteiger partial charge in [-0.2, -0.15) is 4.31 Å². The van der Waals surface area contributed by atoms with Gasteiger partial charge in [-0.3, -0.25) is 0 Å². The van der Waals surface area contributed by atoms with Crippen LogP contribution in [0.4, 0.5) is 65.9 Å². The zero-order valence-corrected chi connectivity index (χ0v) is 25.1. The Hall–Kier alpha value is -3.66. The van der Waals surface area contributed by atoms with Gasteiger partial charge in [0.05, 0.1) is 0 Å². The van der Waals surface area contributed by atoms with Crippen LogP contribution in [0.2, 0.25) is 0 Å². The van der Waals surface area contributed by atoms with Crippen LogP contribution in [-0.2, 0) is 30.1 Å². The molecule has 49 heavy (non-hydrogen) atoms. The Balaban J connectivity index is 2.04. The average molecular weight is 794 g/mol. The smallest absolute Gasteiger partial charge is 0.210 e. The minimum Gasteiger partial charge on any atom is -0.210 e. The van der Waals surface area contributed by atoms with Gasteiger partial charge in [0, 0.05) is 26.2 Å². The van der Waals surface area contributed by atoms with E-state index in [-0.39, 0.29) is 0 Å².